The van der Waals surface area contributed by atoms with Crippen molar-refractivity contribution in [2.45, 2.75) is 219 Å². The van der Waals surface area contributed by atoms with Gasteiger partial charge in [-0.05, 0) is 12.8 Å². The van der Waals surface area contributed by atoms with Gasteiger partial charge in [-0.2, -0.15) is 0 Å². The summed E-state index contributed by atoms with van der Waals surface area (Å²) in [4.78, 5) is 12.3. The molecule has 0 saturated heterocycles. The van der Waals surface area contributed by atoms with Gasteiger partial charge in [0.2, 0.25) is 5.91 Å². The monoisotopic (exact) mass is 568 g/mol. The third kappa shape index (κ3) is 28.9. The third-order valence-electron chi connectivity index (χ3n) is 8.62. The van der Waals surface area contributed by atoms with Gasteiger partial charge < -0.3 is 15.5 Å². The Bertz CT molecular complexity index is 498. The van der Waals surface area contributed by atoms with Crippen molar-refractivity contribution in [2.24, 2.45) is 0 Å². The summed E-state index contributed by atoms with van der Waals surface area (Å²) in [7, 11) is 0. The molecule has 0 aromatic heterocycles. The number of aliphatic hydroxyl groups is 2. The first kappa shape index (κ1) is 39.4. The molecule has 1 unspecified atom stereocenters. The highest BCUT2D eigenvalue weighted by atomic mass is 16.3. The van der Waals surface area contributed by atoms with E-state index in [-0.39, 0.29) is 12.5 Å². The number of amides is 1. The fourth-order valence-corrected chi connectivity index (χ4v) is 5.77. The van der Waals surface area contributed by atoms with E-state index in [1.807, 2.05) is 0 Å². The van der Waals surface area contributed by atoms with E-state index in [9.17, 15) is 15.0 Å². The Hall–Kier alpha value is -0.610. The number of carbonyl (C=O) groups excluding carboxylic acids is 1. The van der Waals surface area contributed by atoms with Crippen LogP contribution in [0.4, 0.5) is 0 Å². The number of unbranched alkanes of at least 4 members (excludes halogenated alkanes) is 26. The highest BCUT2D eigenvalue weighted by Crippen LogP contribution is 2.15. The fraction of sp³-hybridized carbons (Fsp3) is 0.972. The van der Waals surface area contributed by atoms with E-state index in [4.69, 9.17) is 0 Å². The molecule has 2 atom stereocenters. The van der Waals surface area contributed by atoms with Crippen LogP contribution in [0.3, 0.4) is 0 Å². The standard InChI is InChI=1S/C36H73NO3/c1-3-5-7-9-11-13-15-17-18-20-22-24-26-28-30-32-36(40)37-34(33-38)35(39)31-29-27-25-23-21-19-16-14-12-10-8-6-4-2/h34-35,38-39H,3-33H2,1-2H3,(H,37,40)/t34?,35-/m1/s1. The summed E-state index contributed by atoms with van der Waals surface area (Å²) >= 11 is 0. The molecule has 1 amide bonds. The predicted octanol–water partition coefficient (Wildman–Crippen LogP) is 10.6. The first-order chi connectivity index (χ1) is 19.7. The van der Waals surface area contributed by atoms with Gasteiger partial charge in [0.1, 0.15) is 0 Å². The molecule has 0 aliphatic heterocycles. The predicted molar refractivity (Wildman–Crippen MR) is 175 cm³/mol. The van der Waals surface area contributed by atoms with Crippen molar-refractivity contribution in [1.82, 2.24) is 5.32 Å². The summed E-state index contributed by atoms with van der Waals surface area (Å²) < 4.78 is 0. The van der Waals surface area contributed by atoms with E-state index in [1.165, 1.54) is 154 Å². The molecule has 4 nitrogen and oxygen atoms in total. The molecule has 0 bridgehead atoms. The zero-order valence-electron chi connectivity index (χ0n) is 27.4. The van der Waals surface area contributed by atoms with Crippen LogP contribution < -0.4 is 5.32 Å². The van der Waals surface area contributed by atoms with Crippen molar-refractivity contribution < 1.29 is 15.0 Å². The first-order valence-electron chi connectivity index (χ1n) is 18.2. The van der Waals surface area contributed by atoms with Crippen LogP contribution in [0.2, 0.25) is 0 Å². The minimum absolute atomic E-state index is 0.0295. The van der Waals surface area contributed by atoms with E-state index in [2.05, 4.69) is 19.2 Å². The number of aliphatic hydroxyl groups excluding tert-OH is 2. The Kier molecular flexibility index (Phi) is 32.4. The number of hydrogen-bond acceptors (Lipinski definition) is 3. The molecule has 0 aliphatic carbocycles. The van der Waals surface area contributed by atoms with Crippen LogP contribution in [-0.2, 0) is 4.79 Å². The molecule has 3 N–H and O–H groups in total. The Balaban J connectivity index is 3.52. The lowest BCUT2D eigenvalue weighted by Gasteiger charge is -2.22. The summed E-state index contributed by atoms with van der Waals surface area (Å²) in [6.45, 7) is 4.36. The molecule has 0 rings (SSSR count). The van der Waals surface area contributed by atoms with Crippen molar-refractivity contribution in [2.75, 3.05) is 6.61 Å². The average molecular weight is 568 g/mol. The summed E-state index contributed by atoms with van der Waals surface area (Å²) in [6.07, 6.45) is 37.2. The maximum absolute atomic E-state index is 12.3. The van der Waals surface area contributed by atoms with E-state index in [0.717, 1.165) is 25.7 Å². The maximum atomic E-state index is 12.3. The summed E-state index contributed by atoms with van der Waals surface area (Å²) in [6, 6.07) is -0.527. The normalized spacial score (nSPS) is 13.0. The zero-order chi connectivity index (χ0) is 29.4. The van der Waals surface area contributed by atoms with Crippen molar-refractivity contribution in [3.8, 4) is 0 Å². The summed E-state index contributed by atoms with van der Waals surface area (Å²) in [5, 5.41) is 23.0. The topological polar surface area (TPSA) is 69.6 Å². The van der Waals surface area contributed by atoms with Gasteiger partial charge in [-0.3, -0.25) is 4.79 Å². The highest BCUT2D eigenvalue weighted by Gasteiger charge is 2.19. The van der Waals surface area contributed by atoms with Crippen LogP contribution in [0.5, 0.6) is 0 Å². The molecule has 4 heteroatoms. The molecule has 0 fully saturated rings. The molecule has 40 heavy (non-hydrogen) atoms. The molecule has 0 aromatic carbocycles. The van der Waals surface area contributed by atoms with Gasteiger partial charge in [0.15, 0.2) is 0 Å². The van der Waals surface area contributed by atoms with Gasteiger partial charge in [-0.15, -0.1) is 0 Å². The molecule has 0 saturated carbocycles. The van der Waals surface area contributed by atoms with E-state index >= 15 is 0 Å². The van der Waals surface area contributed by atoms with Crippen molar-refractivity contribution >= 4 is 5.91 Å². The van der Waals surface area contributed by atoms with Crippen LogP contribution in [-0.4, -0.2) is 34.9 Å². The third-order valence-corrected chi connectivity index (χ3v) is 8.62. The van der Waals surface area contributed by atoms with Gasteiger partial charge >= 0.3 is 0 Å². The fourth-order valence-electron chi connectivity index (χ4n) is 5.77. The molecular formula is C36H73NO3. The SMILES string of the molecule is CCCCCCCCCCCCCCCCCC(=O)NC(CO)[C@H](O)CCCCCCCCCCCCCCC. The Morgan fingerprint density at radius 1 is 0.500 bits per heavy atom. The largest absolute Gasteiger partial charge is 0.394 e. The Morgan fingerprint density at radius 3 is 1.12 bits per heavy atom. The van der Waals surface area contributed by atoms with E-state index < -0.39 is 12.1 Å². The molecule has 240 valence electrons. The number of rotatable bonds is 33. The molecular weight excluding hydrogens is 494 g/mol. The van der Waals surface area contributed by atoms with Crippen LogP contribution in [0.1, 0.15) is 206 Å². The second kappa shape index (κ2) is 32.9. The Morgan fingerprint density at radius 2 is 0.800 bits per heavy atom. The second-order valence-corrected chi connectivity index (χ2v) is 12.7. The van der Waals surface area contributed by atoms with Crippen molar-refractivity contribution in [3.05, 3.63) is 0 Å². The lowest BCUT2D eigenvalue weighted by atomic mass is 10.0. The van der Waals surface area contributed by atoms with Crippen LogP contribution >= 0.6 is 0 Å². The van der Waals surface area contributed by atoms with Gasteiger partial charge in [0.25, 0.3) is 0 Å². The van der Waals surface area contributed by atoms with Crippen molar-refractivity contribution in [3.63, 3.8) is 0 Å². The van der Waals surface area contributed by atoms with Gasteiger partial charge in [0.05, 0.1) is 18.8 Å². The zero-order valence-corrected chi connectivity index (χ0v) is 27.4. The van der Waals surface area contributed by atoms with Crippen LogP contribution in [0.15, 0.2) is 0 Å². The van der Waals surface area contributed by atoms with Crippen molar-refractivity contribution in [1.29, 1.82) is 0 Å². The minimum Gasteiger partial charge on any atom is -0.394 e. The minimum atomic E-state index is -0.650. The molecule has 0 radical (unpaired) electrons. The average Bonchev–Trinajstić information content (AvgIpc) is 2.96. The lowest BCUT2D eigenvalue weighted by molar-refractivity contribution is -0.123. The smallest absolute Gasteiger partial charge is 0.220 e. The highest BCUT2D eigenvalue weighted by molar-refractivity contribution is 5.76. The van der Waals surface area contributed by atoms with Crippen LogP contribution in [0, 0.1) is 0 Å². The molecule has 0 aliphatic rings. The number of nitrogens with one attached hydrogen (secondary N) is 1. The van der Waals surface area contributed by atoms with Gasteiger partial charge in [-0.1, -0.05) is 187 Å². The van der Waals surface area contributed by atoms with E-state index in [1.54, 1.807) is 0 Å². The second-order valence-electron chi connectivity index (χ2n) is 12.7. The Labute approximate surface area is 251 Å². The summed E-state index contributed by atoms with van der Waals surface area (Å²) in [5.41, 5.74) is 0. The van der Waals surface area contributed by atoms with Crippen LogP contribution in [0.25, 0.3) is 0 Å². The first-order valence-corrected chi connectivity index (χ1v) is 18.2. The summed E-state index contributed by atoms with van der Waals surface area (Å²) in [5.74, 6) is -0.0295. The van der Waals surface area contributed by atoms with Gasteiger partial charge in [0, 0.05) is 6.42 Å². The lowest BCUT2D eigenvalue weighted by Crippen LogP contribution is -2.45. The number of hydrogen-bond donors (Lipinski definition) is 3. The molecule has 0 spiro atoms. The quantitative estimate of drug-likeness (QED) is 0.0691. The molecule has 0 aromatic rings. The van der Waals surface area contributed by atoms with Gasteiger partial charge in [-0.25, -0.2) is 0 Å². The molecule has 0 heterocycles. The number of carbonyl (C=O) groups is 1. The maximum Gasteiger partial charge on any atom is 0.220 e. The van der Waals surface area contributed by atoms with E-state index in [0.29, 0.717) is 12.8 Å².